The lowest BCUT2D eigenvalue weighted by Gasteiger charge is -2.21. The highest BCUT2D eigenvalue weighted by molar-refractivity contribution is 5.73. The second-order valence-electron chi connectivity index (χ2n) is 10.6. The lowest BCUT2D eigenvalue weighted by atomic mass is 9.95. The molecule has 3 heterocycles. The average molecular weight is 458 g/mol. The first-order valence-electron chi connectivity index (χ1n) is 12.1. The van der Waals surface area contributed by atoms with E-state index in [1.165, 1.54) is 29.7 Å². The molecule has 0 atom stereocenters. The third-order valence-corrected chi connectivity index (χ3v) is 7.69. The number of pyridine rings is 1. The number of benzene rings is 1. The first-order chi connectivity index (χ1) is 16.3. The van der Waals surface area contributed by atoms with Crippen molar-refractivity contribution >= 4 is 11.6 Å². The number of aliphatic hydroxyl groups is 2. The molecule has 34 heavy (non-hydrogen) atoms. The van der Waals surface area contributed by atoms with Crippen LogP contribution in [0.3, 0.4) is 0 Å². The van der Waals surface area contributed by atoms with Gasteiger partial charge in [0.1, 0.15) is 0 Å². The van der Waals surface area contributed by atoms with Gasteiger partial charge in [-0.2, -0.15) is 0 Å². The van der Waals surface area contributed by atoms with Crippen LogP contribution in [0.4, 0.5) is 11.6 Å². The zero-order valence-corrected chi connectivity index (χ0v) is 19.8. The van der Waals surface area contributed by atoms with Crippen molar-refractivity contribution in [3.63, 3.8) is 0 Å². The normalized spacial score (nSPS) is 19.4. The van der Waals surface area contributed by atoms with Gasteiger partial charge in [0, 0.05) is 53.9 Å². The summed E-state index contributed by atoms with van der Waals surface area (Å²) < 4.78 is 0. The van der Waals surface area contributed by atoms with Gasteiger partial charge in [0.25, 0.3) is 0 Å². The maximum absolute atomic E-state index is 10.3. The Morgan fingerprint density at radius 2 is 1.79 bits per heavy atom. The second kappa shape index (κ2) is 7.57. The fraction of sp³-hybridized carbons (Fsp3) is 0.444. The monoisotopic (exact) mass is 457 g/mol. The van der Waals surface area contributed by atoms with Gasteiger partial charge in [-0.3, -0.25) is 4.98 Å². The number of fused-ring (bicyclic) bond motifs is 2. The molecule has 3 aromatic rings. The van der Waals surface area contributed by atoms with Crippen LogP contribution in [0.1, 0.15) is 56.2 Å². The van der Waals surface area contributed by atoms with Crippen molar-refractivity contribution in [3.8, 4) is 11.3 Å². The lowest BCUT2D eigenvalue weighted by molar-refractivity contribution is 0.0785. The molecular formula is C27H31N5O2. The Labute approximate surface area is 199 Å². The minimum absolute atomic E-state index is 0.00931. The maximum atomic E-state index is 10.3. The lowest BCUT2D eigenvalue weighted by Crippen LogP contribution is -2.31. The number of hydrogen-bond acceptors (Lipinski definition) is 7. The Balaban J connectivity index is 1.32. The van der Waals surface area contributed by atoms with Gasteiger partial charge in [-0.1, -0.05) is 12.1 Å². The van der Waals surface area contributed by atoms with E-state index < -0.39 is 5.60 Å². The summed E-state index contributed by atoms with van der Waals surface area (Å²) in [4.78, 5) is 16.2. The number of rotatable bonds is 7. The van der Waals surface area contributed by atoms with Gasteiger partial charge in [-0.25, -0.2) is 9.97 Å². The van der Waals surface area contributed by atoms with Crippen LogP contribution in [-0.2, 0) is 16.6 Å². The van der Waals surface area contributed by atoms with Gasteiger partial charge in [0.05, 0.1) is 17.9 Å². The van der Waals surface area contributed by atoms with Crippen LogP contribution >= 0.6 is 0 Å². The summed E-state index contributed by atoms with van der Waals surface area (Å²) in [5.41, 5.74) is 5.57. The molecule has 0 unspecified atom stereocenters. The molecule has 2 aliphatic carbocycles. The highest BCUT2D eigenvalue weighted by atomic mass is 16.3. The van der Waals surface area contributed by atoms with Gasteiger partial charge >= 0.3 is 0 Å². The number of hydrogen-bond donors (Lipinski definition) is 3. The van der Waals surface area contributed by atoms with E-state index in [2.05, 4.69) is 33.4 Å². The molecule has 7 nitrogen and oxygen atoms in total. The van der Waals surface area contributed by atoms with Crippen molar-refractivity contribution < 1.29 is 10.2 Å². The molecule has 3 aliphatic rings. The number of aromatic nitrogens is 3. The summed E-state index contributed by atoms with van der Waals surface area (Å²) in [6, 6.07) is 10.6. The SMILES string of the molecule is CC(C)(O)c1ccnc(-c2cnc(N3CC4(CC4)c4ccc(C5(NCCO)CC5)cc43)nc2)c1. The zero-order chi connectivity index (χ0) is 23.6. The summed E-state index contributed by atoms with van der Waals surface area (Å²) >= 11 is 0. The zero-order valence-electron chi connectivity index (χ0n) is 19.8. The summed E-state index contributed by atoms with van der Waals surface area (Å²) in [7, 11) is 0. The Hall–Kier alpha value is -2.87. The largest absolute Gasteiger partial charge is 0.395 e. The fourth-order valence-electron chi connectivity index (χ4n) is 5.28. The van der Waals surface area contributed by atoms with Crippen molar-refractivity contribution in [2.24, 2.45) is 0 Å². The first-order valence-corrected chi connectivity index (χ1v) is 12.1. The van der Waals surface area contributed by atoms with Crippen LogP contribution in [0.2, 0.25) is 0 Å². The quantitative estimate of drug-likeness (QED) is 0.500. The van der Waals surface area contributed by atoms with E-state index >= 15 is 0 Å². The van der Waals surface area contributed by atoms with Crippen molar-refractivity contribution in [2.45, 2.75) is 56.1 Å². The Morgan fingerprint density at radius 1 is 1.03 bits per heavy atom. The molecule has 3 N–H and O–H groups in total. The van der Waals surface area contributed by atoms with E-state index in [0.29, 0.717) is 12.5 Å². The summed E-state index contributed by atoms with van der Waals surface area (Å²) in [6.07, 6.45) is 9.96. The molecule has 0 bridgehead atoms. The van der Waals surface area contributed by atoms with Crippen molar-refractivity contribution in [1.82, 2.24) is 20.3 Å². The Morgan fingerprint density at radius 3 is 2.44 bits per heavy atom. The first kappa shape index (κ1) is 21.6. The molecule has 2 aromatic heterocycles. The number of nitrogens with zero attached hydrogens (tertiary/aromatic N) is 4. The highest BCUT2D eigenvalue weighted by Crippen LogP contribution is 2.59. The molecule has 0 saturated heterocycles. The van der Waals surface area contributed by atoms with Crippen molar-refractivity contribution in [3.05, 3.63) is 65.6 Å². The van der Waals surface area contributed by atoms with Crippen LogP contribution in [0.5, 0.6) is 0 Å². The van der Waals surface area contributed by atoms with E-state index in [9.17, 15) is 10.2 Å². The van der Waals surface area contributed by atoms with Crippen molar-refractivity contribution in [1.29, 1.82) is 0 Å². The standard InChI is InChI=1S/C27H31N5O2/c1-25(2,34)19-5-10-28-22(13-19)18-15-29-24(30-16-18)32-17-26(6-7-26)21-4-3-20(14-23(21)32)27(8-9-27)31-11-12-33/h3-5,10,13-16,31,33-34H,6-9,11-12,17H2,1-2H3. The number of nitrogens with one attached hydrogen (secondary N) is 1. The van der Waals surface area contributed by atoms with Crippen LogP contribution in [0.15, 0.2) is 48.9 Å². The van der Waals surface area contributed by atoms with E-state index in [4.69, 9.17) is 9.97 Å². The average Bonchev–Trinajstić information content (AvgIpc) is 3.76. The van der Waals surface area contributed by atoms with Crippen LogP contribution in [0, 0.1) is 0 Å². The fourth-order valence-corrected chi connectivity index (χ4v) is 5.28. The third kappa shape index (κ3) is 3.59. The van der Waals surface area contributed by atoms with Gasteiger partial charge in [-0.05, 0) is 74.4 Å². The van der Waals surface area contributed by atoms with Gasteiger partial charge in [0.2, 0.25) is 5.95 Å². The molecule has 7 heteroatoms. The minimum Gasteiger partial charge on any atom is -0.395 e. The predicted molar refractivity (Wildman–Crippen MR) is 131 cm³/mol. The van der Waals surface area contributed by atoms with E-state index in [1.54, 1.807) is 20.0 Å². The molecule has 2 saturated carbocycles. The summed E-state index contributed by atoms with van der Waals surface area (Å²) in [6.45, 7) is 5.20. The summed E-state index contributed by atoms with van der Waals surface area (Å²) in [5.74, 6) is 0.706. The van der Waals surface area contributed by atoms with Gasteiger partial charge in [-0.15, -0.1) is 0 Å². The minimum atomic E-state index is -0.932. The van der Waals surface area contributed by atoms with Crippen LogP contribution in [-0.4, -0.2) is 44.9 Å². The highest BCUT2D eigenvalue weighted by Gasteiger charge is 2.53. The predicted octanol–water partition coefficient (Wildman–Crippen LogP) is 3.52. The van der Waals surface area contributed by atoms with Crippen LogP contribution in [0.25, 0.3) is 11.3 Å². The number of aliphatic hydroxyl groups excluding tert-OH is 1. The summed E-state index contributed by atoms with van der Waals surface area (Å²) in [5, 5.41) is 23.2. The van der Waals surface area contributed by atoms with E-state index in [0.717, 1.165) is 36.2 Å². The molecule has 176 valence electrons. The molecule has 0 amide bonds. The second-order valence-corrected chi connectivity index (χ2v) is 10.6. The molecule has 2 fully saturated rings. The molecule has 1 spiro atoms. The van der Waals surface area contributed by atoms with Crippen LogP contribution < -0.4 is 10.2 Å². The van der Waals surface area contributed by atoms with Gasteiger partial charge in [0.15, 0.2) is 0 Å². The van der Waals surface area contributed by atoms with Gasteiger partial charge < -0.3 is 20.4 Å². The molecule has 0 radical (unpaired) electrons. The Kier molecular flexibility index (Phi) is 4.82. The molecule has 1 aliphatic heterocycles. The molecule has 1 aromatic carbocycles. The van der Waals surface area contributed by atoms with E-state index in [-0.39, 0.29) is 17.6 Å². The third-order valence-electron chi connectivity index (χ3n) is 7.69. The van der Waals surface area contributed by atoms with E-state index in [1.807, 2.05) is 24.5 Å². The maximum Gasteiger partial charge on any atom is 0.229 e. The molecular weight excluding hydrogens is 426 g/mol. The smallest absolute Gasteiger partial charge is 0.229 e. The number of anilines is 2. The topological polar surface area (TPSA) is 94.4 Å². The molecule has 6 rings (SSSR count). The Bertz CT molecular complexity index is 1230. The van der Waals surface area contributed by atoms with Crippen molar-refractivity contribution in [2.75, 3.05) is 24.6 Å².